The highest BCUT2D eigenvalue weighted by atomic mass is 19.3. The van der Waals surface area contributed by atoms with Gasteiger partial charge in [-0.2, -0.15) is 0 Å². The van der Waals surface area contributed by atoms with Crippen LogP contribution in [0.4, 0.5) is 8.78 Å². The Labute approximate surface area is 246 Å². The minimum absolute atomic E-state index is 0.00617. The lowest BCUT2D eigenvalue weighted by atomic mass is 9.83. The van der Waals surface area contributed by atoms with Crippen molar-refractivity contribution in [1.29, 1.82) is 5.26 Å². The van der Waals surface area contributed by atoms with Crippen molar-refractivity contribution in [3.63, 3.8) is 0 Å². The minimum Gasteiger partial charge on any atom is -0.356 e. The third-order valence-corrected chi connectivity index (χ3v) is 7.46. The second-order valence-electron chi connectivity index (χ2n) is 10.9. The van der Waals surface area contributed by atoms with Crippen LogP contribution in [0.3, 0.4) is 0 Å². The Bertz CT molecular complexity index is 758. The van der Waals surface area contributed by atoms with Gasteiger partial charge in [-0.1, -0.05) is 40.5 Å². The Morgan fingerprint density at radius 3 is 2.22 bits per heavy atom. The molecule has 1 aliphatic carbocycles. The number of hydrogen-bond donors (Lipinski definition) is 3. The van der Waals surface area contributed by atoms with Gasteiger partial charge in [-0.3, -0.25) is 14.5 Å². The lowest BCUT2D eigenvalue weighted by molar-refractivity contribution is -0.137. The first-order valence-corrected chi connectivity index (χ1v) is 14.9. The molecule has 41 heavy (non-hydrogen) atoms. The van der Waals surface area contributed by atoms with Gasteiger partial charge in [-0.15, -0.1) is 0 Å². The van der Waals surface area contributed by atoms with Crippen molar-refractivity contribution in [3.05, 3.63) is 0 Å². The summed E-state index contributed by atoms with van der Waals surface area (Å²) in [7, 11) is 3.85. The standard InChI is InChI=1S/C11H20N2O2.C11H22N2O.C5H6F2O.C2H6.CHN/c1-12-10(8-14)5-3-2-4-9-6-11(15)13-7-9;1-5-12-11(14)10-9(8(2)3)6-7-13(10)4;6-5(7)1-4(2-5)3-8;2*1-2/h8-10,12H,2-7H2,1H3,(H,13,15);8-10H,5-7H2,1-4H3,(H,12,14);3-4H,1-2H2;1-2H3;1H/t9-,10+;9-,10?;;;/m11.../s1. The normalized spacial score (nSPS) is 23.3. The number of nitriles is 1. The Hall–Kier alpha value is -2.45. The molecule has 238 valence electrons. The predicted molar refractivity (Wildman–Crippen MR) is 158 cm³/mol. The van der Waals surface area contributed by atoms with E-state index in [9.17, 15) is 28.0 Å². The van der Waals surface area contributed by atoms with Gasteiger partial charge in [-0.05, 0) is 64.6 Å². The maximum atomic E-state index is 11.8. The number of unbranched alkanes of at least 4 members (excludes halogenated alkanes) is 1. The Balaban J connectivity index is 0. The number of nitrogens with zero attached hydrogens (tertiary/aromatic N) is 2. The number of halogens is 2. The quantitative estimate of drug-likeness (QED) is 0.246. The maximum Gasteiger partial charge on any atom is 0.249 e. The topological polar surface area (TPSA) is 131 Å². The number of rotatable bonds is 11. The van der Waals surface area contributed by atoms with Crippen LogP contribution < -0.4 is 16.0 Å². The van der Waals surface area contributed by atoms with E-state index < -0.39 is 5.92 Å². The van der Waals surface area contributed by atoms with E-state index in [-0.39, 0.29) is 42.7 Å². The van der Waals surface area contributed by atoms with Gasteiger partial charge in [0.2, 0.25) is 17.7 Å². The summed E-state index contributed by atoms with van der Waals surface area (Å²) in [6.07, 6.45) is 7.05. The van der Waals surface area contributed by atoms with Crippen molar-refractivity contribution >= 4 is 24.4 Å². The number of amides is 2. The summed E-state index contributed by atoms with van der Waals surface area (Å²) in [6.45, 7) is 16.5. The first-order valence-electron chi connectivity index (χ1n) is 14.9. The number of alkyl halides is 2. The van der Waals surface area contributed by atoms with E-state index >= 15 is 0 Å². The number of nitrogens with one attached hydrogen (secondary N) is 3. The molecule has 0 aromatic heterocycles. The van der Waals surface area contributed by atoms with Crippen molar-refractivity contribution in [2.75, 3.05) is 33.7 Å². The van der Waals surface area contributed by atoms with Crippen molar-refractivity contribution in [2.45, 2.75) is 104 Å². The number of likely N-dealkylation sites (tertiary alicyclic amines) is 1. The average Bonchev–Trinajstić information content (AvgIpc) is 3.55. The molecule has 11 heteroatoms. The molecule has 0 bridgehead atoms. The molecule has 1 saturated carbocycles. The predicted octanol–water partition coefficient (Wildman–Crippen LogP) is 3.97. The van der Waals surface area contributed by atoms with E-state index in [1.807, 2.05) is 27.8 Å². The molecule has 1 unspecified atom stereocenters. The van der Waals surface area contributed by atoms with Crippen LogP contribution in [0.1, 0.15) is 86.0 Å². The highest BCUT2D eigenvalue weighted by molar-refractivity contribution is 5.82. The van der Waals surface area contributed by atoms with Gasteiger partial charge >= 0.3 is 0 Å². The first kappa shape index (κ1) is 40.7. The van der Waals surface area contributed by atoms with Gasteiger partial charge in [0.15, 0.2) is 0 Å². The van der Waals surface area contributed by atoms with Crippen molar-refractivity contribution in [2.24, 2.45) is 23.7 Å². The third kappa shape index (κ3) is 16.5. The minimum atomic E-state index is -2.54. The average molecular weight is 588 g/mol. The summed E-state index contributed by atoms with van der Waals surface area (Å²) in [5.41, 5.74) is 0. The number of carbonyl (C=O) groups excluding carboxylic acids is 4. The molecule has 3 N–H and O–H groups in total. The number of aldehydes is 2. The van der Waals surface area contributed by atoms with Gasteiger partial charge in [0.05, 0.1) is 12.1 Å². The van der Waals surface area contributed by atoms with E-state index in [2.05, 4.69) is 41.3 Å². The molecule has 2 amide bonds. The van der Waals surface area contributed by atoms with Crippen LogP contribution in [0.15, 0.2) is 0 Å². The Morgan fingerprint density at radius 1 is 1.22 bits per heavy atom. The zero-order chi connectivity index (χ0) is 32.0. The molecule has 0 aromatic rings. The van der Waals surface area contributed by atoms with Crippen LogP contribution in [0.25, 0.3) is 0 Å². The molecule has 0 radical (unpaired) electrons. The highest BCUT2D eigenvalue weighted by Gasteiger charge is 2.45. The zero-order valence-corrected chi connectivity index (χ0v) is 26.3. The largest absolute Gasteiger partial charge is 0.356 e. The molecular weight excluding hydrogens is 532 g/mol. The van der Waals surface area contributed by atoms with Gasteiger partial charge in [-0.25, -0.2) is 14.0 Å². The van der Waals surface area contributed by atoms with Crippen LogP contribution in [0.2, 0.25) is 0 Å². The monoisotopic (exact) mass is 587 g/mol. The van der Waals surface area contributed by atoms with Crippen LogP contribution in [-0.2, 0) is 19.2 Å². The van der Waals surface area contributed by atoms with Crippen LogP contribution in [0.5, 0.6) is 0 Å². The molecule has 0 spiro atoms. The summed E-state index contributed by atoms with van der Waals surface area (Å²) in [6, 6.07) is 0.0864. The summed E-state index contributed by atoms with van der Waals surface area (Å²) in [4.78, 5) is 45.2. The summed E-state index contributed by atoms with van der Waals surface area (Å²) in [5, 5.41) is 15.2. The SMILES string of the molecule is C#N.CC.CCNC(=O)C1[C@@H](C(C)C)CCN1C.CN[C@H](C=O)CCCC[C@H]1CNC(=O)C1.O=CC1CC(F)(F)C1. The van der Waals surface area contributed by atoms with E-state index in [1.54, 1.807) is 7.05 Å². The van der Waals surface area contributed by atoms with Crippen LogP contribution in [-0.4, -0.2) is 81.0 Å². The molecule has 4 atom stereocenters. The fourth-order valence-corrected chi connectivity index (χ4v) is 5.10. The molecule has 0 aromatic carbocycles. The molecule has 9 nitrogen and oxygen atoms in total. The lowest BCUT2D eigenvalue weighted by Gasteiger charge is -2.30. The molecular formula is C30H55F2N5O4. The fourth-order valence-electron chi connectivity index (χ4n) is 5.10. The Morgan fingerprint density at radius 2 is 1.83 bits per heavy atom. The van der Waals surface area contributed by atoms with Gasteiger partial charge < -0.3 is 25.5 Å². The second kappa shape index (κ2) is 23.1. The lowest BCUT2D eigenvalue weighted by Crippen LogP contribution is -2.45. The summed E-state index contributed by atoms with van der Waals surface area (Å²) < 4.78 is 23.6. The smallest absolute Gasteiger partial charge is 0.249 e. The molecule has 3 fully saturated rings. The highest BCUT2D eigenvalue weighted by Crippen LogP contribution is 2.40. The molecule has 2 saturated heterocycles. The number of likely N-dealkylation sites (N-methyl/N-ethyl adjacent to an activating group) is 3. The van der Waals surface area contributed by atoms with Gasteiger partial charge in [0.25, 0.3) is 0 Å². The Kier molecular flexibility index (Phi) is 23.0. The summed E-state index contributed by atoms with van der Waals surface area (Å²) in [5.74, 6) is -0.899. The van der Waals surface area contributed by atoms with E-state index in [0.29, 0.717) is 30.5 Å². The molecule has 3 aliphatic rings. The van der Waals surface area contributed by atoms with Crippen molar-refractivity contribution < 1.29 is 28.0 Å². The van der Waals surface area contributed by atoms with Crippen molar-refractivity contribution in [1.82, 2.24) is 20.9 Å². The van der Waals surface area contributed by atoms with Crippen LogP contribution >= 0.6 is 0 Å². The third-order valence-electron chi connectivity index (χ3n) is 7.46. The van der Waals surface area contributed by atoms with E-state index in [1.165, 1.54) is 0 Å². The summed E-state index contributed by atoms with van der Waals surface area (Å²) >= 11 is 0. The van der Waals surface area contributed by atoms with Gasteiger partial charge in [0.1, 0.15) is 12.6 Å². The molecule has 2 aliphatic heterocycles. The number of hydrogen-bond acceptors (Lipinski definition) is 7. The fraction of sp³-hybridized carbons (Fsp3) is 0.833. The maximum absolute atomic E-state index is 11.8. The van der Waals surface area contributed by atoms with E-state index in [4.69, 9.17) is 5.26 Å². The molecule has 3 rings (SSSR count). The van der Waals surface area contributed by atoms with Crippen molar-refractivity contribution in [3.8, 4) is 6.57 Å². The van der Waals surface area contributed by atoms with Crippen LogP contribution in [0, 0.1) is 35.5 Å². The van der Waals surface area contributed by atoms with Gasteiger partial charge in [0, 0.05) is 44.8 Å². The molecule has 2 heterocycles. The van der Waals surface area contributed by atoms with E-state index in [0.717, 1.165) is 58.0 Å². The second-order valence-corrected chi connectivity index (χ2v) is 10.9. The number of carbonyl (C=O) groups is 4. The zero-order valence-electron chi connectivity index (χ0n) is 26.3. The first-order chi connectivity index (χ1) is 19.5.